The van der Waals surface area contributed by atoms with Crippen LogP contribution < -0.4 is 9.46 Å². The molecule has 4 rings (SSSR count). The number of aryl methyl sites for hydroxylation is 2. The van der Waals surface area contributed by atoms with Crippen LogP contribution in [0.15, 0.2) is 17.0 Å². The van der Waals surface area contributed by atoms with Gasteiger partial charge in [-0.1, -0.05) is 6.42 Å². The highest BCUT2D eigenvalue weighted by atomic mass is 32.2. The van der Waals surface area contributed by atoms with Gasteiger partial charge in [0.05, 0.1) is 7.11 Å². The van der Waals surface area contributed by atoms with Crippen LogP contribution in [0.3, 0.4) is 0 Å². The second-order valence-electron chi connectivity index (χ2n) is 7.38. The van der Waals surface area contributed by atoms with Crippen molar-refractivity contribution < 1.29 is 13.2 Å². The molecule has 0 saturated heterocycles. The number of sulfonamides is 1. The molecule has 23 heavy (non-hydrogen) atoms. The summed E-state index contributed by atoms with van der Waals surface area (Å²) in [4.78, 5) is 0.323. The topological polar surface area (TPSA) is 55.4 Å². The Morgan fingerprint density at radius 1 is 1.09 bits per heavy atom. The molecule has 0 aliphatic heterocycles. The molecule has 0 unspecified atom stereocenters. The second kappa shape index (κ2) is 5.78. The molecule has 0 amide bonds. The van der Waals surface area contributed by atoms with Gasteiger partial charge in [-0.05, 0) is 80.0 Å². The average Bonchev–Trinajstić information content (AvgIpc) is 3.16. The molecule has 2 fully saturated rings. The van der Waals surface area contributed by atoms with Crippen LogP contribution in [-0.4, -0.2) is 21.6 Å². The summed E-state index contributed by atoms with van der Waals surface area (Å²) in [6.07, 6.45) is 8.92. The van der Waals surface area contributed by atoms with Crippen molar-refractivity contribution in [2.75, 3.05) is 7.11 Å². The first-order chi connectivity index (χ1) is 11.1. The minimum Gasteiger partial charge on any atom is -0.495 e. The zero-order chi connectivity index (χ0) is 16.0. The molecule has 1 N–H and O–H groups in total. The molecule has 0 aromatic heterocycles. The van der Waals surface area contributed by atoms with Crippen LogP contribution in [0.25, 0.3) is 0 Å². The van der Waals surface area contributed by atoms with Crippen molar-refractivity contribution in [3.8, 4) is 5.75 Å². The van der Waals surface area contributed by atoms with E-state index in [-0.39, 0.29) is 6.04 Å². The van der Waals surface area contributed by atoms with Gasteiger partial charge in [-0.3, -0.25) is 0 Å². The van der Waals surface area contributed by atoms with Gasteiger partial charge in [0.1, 0.15) is 10.6 Å². The summed E-state index contributed by atoms with van der Waals surface area (Å²) < 4.78 is 34.3. The Kier molecular flexibility index (Phi) is 3.88. The largest absolute Gasteiger partial charge is 0.495 e. The van der Waals surface area contributed by atoms with E-state index >= 15 is 0 Å². The van der Waals surface area contributed by atoms with E-state index in [1.807, 2.05) is 12.1 Å². The van der Waals surface area contributed by atoms with Crippen molar-refractivity contribution in [1.29, 1.82) is 0 Å². The fourth-order valence-electron chi connectivity index (χ4n) is 4.76. The lowest BCUT2D eigenvalue weighted by atomic mass is 9.92. The van der Waals surface area contributed by atoms with Crippen molar-refractivity contribution in [2.24, 2.45) is 11.8 Å². The van der Waals surface area contributed by atoms with Gasteiger partial charge in [0, 0.05) is 6.04 Å². The first-order valence-electron chi connectivity index (χ1n) is 8.79. The minimum atomic E-state index is -3.52. The molecular weight excluding hydrogens is 310 g/mol. The number of ether oxygens (including phenoxy) is 1. The van der Waals surface area contributed by atoms with Gasteiger partial charge >= 0.3 is 0 Å². The predicted octanol–water partition coefficient (Wildman–Crippen LogP) is 3.04. The highest BCUT2D eigenvalue weighted by molar-refractivity contribution is 7.89. The van der Waals surface area contributed by atoms with E-state index in [2.05, 4.69) is 4.72 Å². The van der Waals surface area contributed by atoms with E-state index in [1.54, 1.807) is 7.11 Å². The van der Waals surface area contributed by atoms with E-state index in [0.717, 1.165) is 31.6 Å². The molecular formula is C18H25NO3S. The van der Waals surface area contributed by atoms with Gasteiger partial charge < -0.3 is 4.74 Å². The highest BCUT2D eigenvalue weighted by Gasteiger charge is 2.41. The molecule has 3 atom stereocenters. The number of benzene rings is 1. The first-order valence-corrected chi connectivity index (χ1v) is 10.3. The maximum Gasteiger partial charge on any atom is 0.244 e. The summed E-state index contributed by atoms with van der Waals surface area (Å²) in [5.74, 6) is 1.73. The first kappa shape index (κ1) is 15.5. The molecule has 0 spiro atoms. The zero-order valence-corrected chi connectivity index (χ0v) is 14.5. The smallest absolute Gasteiger partial charge is 0.244 e. The van der Waals surface area contributed by atoms with Gasteiger partial charge in [-0.25, -0.2) is 13.1 Å². The number of methoxy groups -OCH3 is 1. The fourth-order valence-corrected chi connectivity index (χ4v) is 6.28. The van der Waals surface area contributed by atoms with Gasteiger partial charge in [0.25, 0.3) is 0 Å². The quantitative estimate of drug-likeness (QED) is 0.920. The number of hydrogen-bond acceptors (Lipinski definition) is 3. The van der Waals surface area contributed by atoms with Crippen LogP contribution in [-0.2, 0) is 22.9 Å². The second-order valence-corrected chi connectivity index (χ2v) is 9.06. The summed E-state index contributed by atoms with van der Waals surface area (Å²) in [5.41, 5.74) is 2.41. The molecule has 3 aliphatic rings. The van der Waals surface area contributed by atoms with Crippen LogP contribution in [0.5, 0.6) is 5.75 Å². The summed E-state index contributed by atoms with van der Waals surface area (Å²) >= 11 is 0. The monoisotopic (exact) mass is 335 g/mol. The Bertz CT molecular complexity index is 713. The molecule has 2 saturated carbocycles. The van der Waals surface area contributed by atoms with Crippen LogP contribution in [0, 0.1) is 11.8 Å². The fraction of sp³-hybridized carbons (Fsp3) is 0.667. The van der Waals surface area contributed by atoms with Crippen LogP contribution in [0.1, 0.15) is 49.7 Å². The van der Waals surface area contributed by atoms with Crippen molar-refractivity contribution in [1.82, 2.24) is 4.72 Å². The van der Waals surface area contributed by atoms with Crippen molar-refractivity contribution in [3.05, 3.63) is 23.3 Å². The standard InChI is InChI=1S/C18H25NO3S/c1-22-17-10-13-4-2-3-5-14(13)11-18(17)23(20,21)19-16-9-12-6-7-15(16)8-12/h10-12,15-16,19H,2-9H2,1H3/t12-,15-,16+/m0/s1. The van der Waals surface area contributed by atoms with Crippen LogP contribution in [0.4, 0.5) is 0 Å². The Labute approximate surface area is 138 Å². The third-order valence-electron chi connectivity index (χ3n) is 5.96. The Morgan fingerprint density at radius 3 is 2.43 bits per heavy atom. The number of hydrogen-bond donors (Lipinski definition) is 1. The normalized spacial score (nSPS) is 29.5. The lowest BCUT2D eigenvalue weighted by Gasteiger charge is -2.24. The number of rotatable bonds is 4. The average molecular weight is 335 g/mol. The van der Waals surface area contributed by atoms with Gasteiger partial charge in [0.15, 0.2) is 0 Å². The molecule has 5 heteroatoms. The predicted molar refractivity (Wildman–Crippen MR) is 89.2 cm³/mol. The van der Waals surface area contributed by atoms with Crippen molar-refractivity contribution in [2.45, 2.75) is 62.3 Å². The zero-order valence-electron chi connectivity index (χ0n) is 13.7. The van der Waals surface area contributed by atoms with Crippen LogP contribution in [0.2, 0.25) is 0 Å². The summed E-state index contributed by atoms with van der Waals surface area (Å²) in [6, 6.07) is 3.90. The maximum absolute atomic E-state index is 12.9. The Morgan fingerprint density at radius 2 is 1.83 bits per heavy atom. The molecule has 0 radical (unpaired) electrons. The van der Waals surface area contributed by atoms with E-state index in [4.69, 9.17) is 4.74 Å². The maximum atomic E-state index is 12.9. The van der Waals surface area contributed by atoms with Crippen molar-refractivity contribution in [3.63, 3.8) is 0 Å². The van der Waals surface area contributed by atoms with Gasteiger partial charge in [-0.2, -0.15) is 0 Å². The van der Waals surface area contributed by atoms with E-state index in [1.165, 1.54) is 36.8 Å². The molecule has 0 heterocycles. The van der Waals surface area contributed by atoms with Gasteiger partial charge in [-0.15, -0.1) is 0 Å². The summed E-state index contributed by atoms with van der Waals surface area (Å²) in [6.45, 7) is 0. The molecule has 126 valence electrons. The third-order valence-corrected chi connectivity index (χ3v) is 7.47. The summed E-state index contributed by atoms with van der Waals surface area (Å²) in [7, 11) is -1.96. The van der Waals surface area contributed by atoms with Crippen LogP contribution >= 0.6 is 0 Å². The lowest BCUT2D eigenvalue weighted by molar-refractivity contribution is 0.385. The summed E-state index contributed by atoms with van der Waals surface area (Å²) in [5, 5.41) is 0. The van der Waals surface area contributed by atoms with Crippen molar-refractivity contribution >= 4 is 10.0 Å². The SMILES string of the molecule is COc1cc2c(cc1S(=O)(=O)N[C@@H]1C[C@H]3CC[C@H]1C3)CCCC2. The highest BCUT2D eigenvalue weighted by Crippen LogP contribution is 2.45. The lowest BCUT2D eigenvalue weighted by Crippen LogP contribution is -2.38. The molecule has 1 aromatic carbocycles. The van der Waals surface area contributed by atoms with E-state index in [9.17, 15) is 8.42 Å². The third kappa shape index (κ3) is 2.78. The Hall–Kier alpha value is -1.07. The molecule has 3 aliphatic carbocycles. The molecule has 2 bridgehead atoms. The number of fused-ring (bicyclic) bond motifs is 3. The Balaban J connectivity index is 1.65. The van der Waals surface area contributed by atoms with E-state index < -0.39 is 10.0 Å². The van der Waals surface area contributed by atoms with E-state index in [0.29, 0.717) is 16.6 Å². The molecule has 4 nitrogen and oxygen atoms in total. The minimum absolute atomic E-state index is 0.111. The van der Waals surface area contributed by atoms with Gasteiger partial charge in [0.2, 0.25) is 10.0 Å². The molecule has 1 aromatic rings. The number of nitrogens with one attached hydrogen (secondary N) is 1.